The fourth-order valence-corrected chi connectivity index (χ4v) is 4.49. The van der Waals surface area contributed by atoms with Gasteiger partial charge in [-0.2, -0.15) is 22.8 Å². The molecule has 2 aliphatic rings. The lowest BCUT2D eigenvalue weighted by Crippen LogP contribution is -2.31. The van der Waals surface area contributed by atoms with Crippen LogP contribution in [0.25, 0.3) is 11.3 Å². The van der Waals surface area contributed by atoms with Crippen LogP contribution in [0, 0.1) is 0 Å². The first-order valence-electron chi connectivity index (χ1n) is 10.8. The molecule has 0 atom stereocenters. The van der Waals surface area contributed by atoms with E-state index in [0.29, 0.717) is 17.1 Å². The highest BCUT2D eigenvalue weighted by Crippen LogP contribution is 2.43. The van der Waals surface area contributed by atoms with Gasteiger partial charge < -0.3 is 9.51 Å². The number of halogens is 4. The number of imidazole rings is 1. The molecule has 2 aliphatic carbocycles. The van der Waals surface area contributed by atoms with Gasteiger partial charge in [-0.3, -0.25) is 4.90 Å². The van der Waals surface area contributed by atoms with Gasteiger partial charge in [0.25, 0.3) is 0 Å². The molecule has 0 unspecified atom stereocenters. The van der Waals surface area contributed by atoms with Crippen LogP contribution in [0.5, 0.6) is 0 Å². The van der Waals surface area contributed by atoms with Crippen LogP contribution in [-0.4, -0.2) is 35.2 Å². The van der Waals surface area contributed by atoms with E-state index >= 15 is 0 Å². The van der Waals surface area contributed by atoms with Crippen LogP contribution in [0.4, 0.5) is 23.8 Å². The fourth-order valence-electron chi connectivity index (χ4n) is 4.31. The molecule has 4 aromatic rings. The summed E-state index contributed by atoms with van der Waals surface area (Å²) in [7, 11) is 0. The monoisotopic (exact) mass is 490 g/mol. The minimum absolute atomic E-state index is 0.0968. The topological polar surface area (TPSA) is 88.0 Å². The summed E-state index contributed by atoms with van der Waals surface area (Å²) >= 11 is 6.20. The zero-order valence-electron chi connectivity index (χ0n) is 17.6. The van der Waals surface area contributed by atoms with Crippen molar-refractivity contribution < 1.29 is 23.1 Å². The average Bonchev–Trinajstić information content (AvgIpc) is 3.69. The second kappa shape index (κ2) is 7.33. The highest BCUT2D eigenvalue weighted by atomic mass is 35.5. The first kappa shape index (κ1) is 21.2. The van der Waals surface area contributed by atoms with Gasteiger partial charge >= 0.3 is 12.3 Å². The number of pyridine rings is 1. The van der Waals surface area contributed by atoms with Gasteiger partial charge in [0.2, 0.25) is 0 Å². The van der Waals surface area contributed by atoms with Crippen LogP contribution in [0.1, 0.15) is 59.9 Å². The van der Waals surface area contributed by atoms with Gasteiger partial charge in [-0.15, -0.1) is 0 Å². The van der Waals surface area contributed by atoms with Gasteiger partial charge in [0, 0.05) is 24.0 Å². The molecular weight excluding hydrogens is 473 g/mol. The Morgan fingerprint density at radius 2 is 1.85 bits per heavy atom. The van der Waals surface area contributed by atoms with Gasteiger partial charge in [0.15, 0.2) is 5.65 Å². The number of nitrogens with zero attached hydrogens (tertiary/aromatic N) is 6. The molecule has 176 valence electrons. The van der Waals surface area contributed by atoms with E-state index in [-0.39, 0.29) is 34.8 Å². The summed E-state index contributed by atoms with van der Waals surface area (Å²) in [4.78, 5) is 21.6. The molecule has 0 bridgehead atoms. The van der Waals surface area contributed by atoms with Gasteiger partial charge in [0.1, 0.15) is 16.6 Å². The molecule has 6 rings (SSSR count). The van der Waals surface area contributed by atoms with E-state index in [1.54, 1.807) is 12.4 Å². The van der Waals surface area contributed by atoms with Gasteiger partial charge in [-0.05, 0) is 49.1 Å². The second-order valence-corrected chi connectivity index (χ2v) is 9.22. The van der Waals surface area contributed by atoms with Crippen molar-refractivity contribution >= 4 is 34.8 Å². The molecule has 2 fully saturated rings. The Morgan fingerprint density at radius 1 is 1.12 bits per heavy atom. The van der Waals surface area contributed by atoms with Crippen molar-refractivity contribution in [3.8, 4) is 0 Å². The van der Waals surface area contributed by atoms with Gasteiger partial charge in [-0.25, -0.2) is 14.8 Å². The van der Waals surface area contributed by atoms with Crippen molar-refractivity contribution in [1.82, 2.24) is 24.0 Å². The van der Waals surface area contributed by atoms with Crippen molar-refractivity contribution in [2.24, 2.45) is 0 Å². The number of amides is 1. The van der Waals surface area contributed by atoms with Crippen LogP contribution in [0.2, 0.25) is 5.15 Å². The van der Waals surface area contributed by atoms with E-state index in [4.69, 9.17) is 11.6 Å². The summed E-state index contributed by atoms with van der Waals surface area (Å²) in [5.41, 5.74) is 1.04. The number of aromatic nitrogens is 5. The minimum Gasteiger partial charge on any atom is -0.465 e. The highest BCUT2D eigenvalue weighted by molar-refractivity contribution is 6.29. The Hall–Kier alpha value is -3.34. The smallest absolute Gasteiger partial charge is 0.419 e. The number of hydrogen-bond acceptors (Lipinski definition) is 4. The number of alkyl halides is 3. The van der Waals surface area contributed by atoms with Crippen LogP contribution in [0.15, 0.2) is 30.7 Å². The summed E-state index contributed by atoms with van der Waals surface area (Å²) in [5.74, 6) is 0.565. The third kappa shape index (κ3) is 3.64. The van der Waals surface area contributed by atoms with Gasteiger partial charge in [0.05, 0.1) is 24.0 Å². The molecule has 4 aromatic heterocycles. The Balaban J connectivity index is 1.43. The van der Waals surface area contributed by atoms with Crippen molar-refractivity contribution in [2.45, 2.75) is 50.2 Å². The van der Waals surface area contributed by atoms with Crippen LogP contribution < -0.4 is 4.90 Å². The molecule has 0 aromatic carbocycles. The number of carbonyl (C=O) groups is 1. The van der Waals surface area contributed by atoms with Gasteiger partial charge in [-0.1, -0.05) is 11.6 Å². The molecule has 0 radical (unpaired) electrons. The third-order valence-electron chi connectivity index (χ3n) is 6.27. The Morgan fingerprint density at radius 3 is 2.50 bits per heavy atom. The SMILES string of the molecule is O=C(O)N(Cc1cn2cc(C3CC3)cc(C(F)(F)F)c2n1)c1cc(Cl)nc2c(C3CC3)cnn12. The lowest BCUT2D eigenvalue weighted by Gasteiger charge is -2.19. The average molecular weight is 491 g/mol. The molecule has 34 heavy (non-hydrogen) atoms. The lowest BCUT2D eigenvalue weighted by molar-refractivity contribution is -0.136. The minimum atomic E-state index is -4.58. The number of anilines is 1. The molecule has 12 heteroatoms. The summed E-state index contributed by atoms with van der Waals surface area (Å²) in [6.45, 7) is -0.291. The fraction of sp³-hybridized carbons (Fsp3) is 0.364. The number of fused-ring (bicyclic) bond motifs is 2. The Labute approximate surface area is 195 Å². The normalized spacial score (nSPS) is 16.5. The van der Waals surface area contributed by atoms with Crippen molar-refractivity contribution in [3.63, 3.8) is 0 Å². The quantitative estimate of drug-likeness (QED) is 0.374. The maximum atomic E-state index is 13.7. The zero-order chi connectivity index (χ0) is 23.8. The van der Waals surface area contributed by atoms with E-state index in [0.717, 1.165) is 42.2 Å². The van der Waals surface area contributed by atoms with Crippen LogP contribution >= 0.6 is 11.6 Å². The second-order valence-electron chi connectivity index (χ2n) is 8.84. The summed E-state index contributed by atoms with van der Waals surface area (Å²) in [5, 5.41) is 14.4. The molecule has 4 heterocycles. The summed E-state index contributed by atoms with van der Waals surface area (Å²) < 4.78 is 44.0. The van der Waals surface area contributed by atoms with Crippen LogP contribution in [0.3, 0.4) is 0 Å². The lowest BCUT2D eigenvalue weighted by atomic mass is 10.1. The maximum absolute atomic E-state index is 13.7. The van der Waals surface area contributed by atoms with Crippen molar-refractivity contribution in [3.05, 3.63) is 58.3 Å². The number of carboxylic acid groups (broad SMARTS) is 1. The first-order chi connectivity index (χ1) is 16.2. The Kier molecular flexibility index (Phi) is 4.57. The molecule has 2 saturated carbocycles. The Bertz CT molecular complexity index is 1450. The summed E-state index contributed by atoms with van der Waals surface area (Å²) in [6.07, 6.45) is 2.52. The van der Waals surface area contributed by atoms with E-state index in [1.165, 1.54) is 21.2 Å². The molecule has 8 nitrogen and oxygen atoms in total. The zero-order valence-corrected chi connectivity index (χ0v) is 18.4. The third-order valence-corrected chi connectivity index (χ3v) is 6.46. The molecular formula is C22H18ClF3N6O2. The number of hydrogen-bond donors (Lipinski definition) is 1. The first-order valence-corrected chi connectivity index (χ1v) is 11.2. The largest absolute Gasteiger partial charge is 0.465 e. The molecule has 1 N–H and O–H groups in total. The molecule has 1 amide bonds. The molecule has 0 aliphatic heterocycles. The van der Waals surface area contributed by atoms with E-state index < -0.39 is 17.8 Å². The molecule has 0 saturated heterocycles. The standard InChI is InChI=1S/C22H18ClF3N6O2/c23-17-6-18(32-19(29-17)15(7-27-32)12-3-4-12)31(21(33)34)10-14-9-30-8-13(11-1-2-11)5-16(20(30)28-14)22(24,25)26/h5-9,11-12H,1-4,10H2,(H,33,34). The van der Waals surface area contributed by atoms with E-state index in [2.05, 4.69) is 15.1 Å². The van der Waals surface area contributed by atoms with E-state index in [1.807, 2.05) is 0 Å². The molecule has 0 spiro atoms. The summed E-state index contributed by atoms with van der Waals surface area (Å²) in [6, 6.07) is 2.52. The van der Waals surface area contributed by atoms with Crippen molar-refractivity contribution in [2.75, 3.05) is 4.90 Å². The van der Waals surface area contributed by atoms with Crippen molar-refractivity contribution in [1.29, 1.82) is 0 Å². The predicted molar refractivity (Wildman–Crippen MR) is 116 cm³/mol. The number of rotatable bonds is 5. The maximum Gasteiger partial charge on any atom is 0.419 e. The van der Waals surface area contributed by atoms with E-state index in [9.17, 15) is 23.1 Å². The highest BCUT2D eigenvalue weighted by Gasteiger charge is 2.37. The van der Waals surface area contributed by atoms with Crippen LogP contribution in [-0.2, 0) is 12.7 Å². The predicted octanol–water partition coefficient (Wildman–Crippen LogP) is 5.49.